The van der Waals surface area contributed by atoms with Gasteiger partial charge in [0.2, 0.25) is 0 Å². The lowest BCUT2D eigenvalue weighted by atomic mass is 10.2. The van der Waals surface area contributed by atoms with Crippen LogP contribution in [-0.4, -0.2) is 14.9 Å². The van der Waals surface area contributed by atoms with E-state index in [0.717, 1.165) is 25.9 Å². The molecule has 0 aliphatic carbocycles. The molecule has 0 aromatic heterocycles. The minimum atomic E-state index is -1.84. The quantitative estimate of drug-likeness (QED) is 0.332. The molecule has 3 aromatic rings. The largest absolute Gasteiger partial charge is 0.417 e. The lowest BCUT2D eigenvalue weighted by Gasteiger charge is -2.32. The van der Waals surface area contributed by atoms with Crippen molar-refractivity contribution in [3.05, 3.63) is 108 Å². The standard InChI is InChI=1S/C26H32OSi/c1-2-27-28(21-18-24-12-6-3-7-13-24,22-19-25-14-8-4-9-15-25)23-20-26-16-10-5-11-17-26/h3-17H,2,18-23H2,1H3. The first kappa shape index (κ1) is 20.6. The van der Waals surface area contributed by atoms with Gasteiger partial charge >= 0.3 is 0 Å². The molecule has 0 aliphatic heterocycles. The van der Waals surface area contributed by atoms with Crippen molar-refractivity contribution >= 4 is 8.32 Å². The zero-order valence-electron chi connectivity index (χ0n) is 17.0. The van der Waals surface area contributed by atoms with Gasteiger partial charge in [-0.25, -0.2) is 0 Å². The smallest absolute Gasteiger partial charge is 0.193 e. The van der Waals surface area contributed by atoms with Crippen molar-refractivity contribution in [3.63, 3.8) is 0 Å². The molecule has 0 aliphatic rings. The average molecular weight is 389 g/mol. The van der Waals surface area contributed by atoms with Crippen LogP contribution >= 0.6 is 0 Å². The lowest BCUT2D eigenvalue weighted by Crippen LogP contribution is -2.40. The summed E-state index contributed by atoms with van der Waals surface area (Å²) < 4.78 is 6.63. The van der Waals surface area contributed by atoms with E-state index >= 15 is 0 Å². The molecule has 0 bridgehead atoms. The van der Waals surface area contributed by atoms with Gasteiger partial charge in [0.05, 0.1) is 0 Å². The summed E-state index contributed by atoms with van der Waals surface area (Å²) in [6.45, 7) is 2.99. The SMILES string of the molecule is CCO[Si](CCc1ccccc1)(CCc1ccccc1)CCc1ccccc1. The van der Waals surface area contributed by atoms with Gasteiger partial charge in [0.1, 0.15) is 0 Å². The Balaban J connectivity index is 1.73. The molecule has 146 valence electrons. The topological polar surface area (TPSA) is 9.23 Å². The van der Waals surface area contributed by atoms with E-state index in [1.807, 2.05) is 0 Å². The van der Waals surface area contributed by atoms with Crippen LogP contribution < -0.4 is 0 Å². The predicted octanol–water partition coefficient (Wildman–Crippen LogP) is 6.70. The fourth-order valence-electron chi connectivity index (χ4n) is 3.95. The first-order chi connectivity index (χ1) is 13.8. The van der Waals surface area contributed by atoms with Gasteiger partial charge in [-0.3, -0.25) is 0 Å². The number of hydrogen-bond acceptors (Lipinski definition) is 1. The molecule has 0 radical (unpaired) electrons. The van der Waals surface area contributed by atoms with Crippen molar-refractivity contribution in [1.29, 1.82) is 0 Å². The second-order valence-electron chi connectivity index (χ2n) is 7.57. The van der Waals surface area contributed by atoms with E-state index in [2.05, 4.69) is 97.9 Å². The fraction of sp³-hybridized carbons (Fsp3) is 0.308. The lowest BCUT2D eigenvalue weighted by molar-refractivity contribution is 0.317. The third-order valence-corrected chi connectivity index (χ3v) is 9.97. The molecule has 0 saturated carbocycles. The molecular weight excluding hydrogens is 356 g/mol. The Kier molecular flexibility index (Phi) is 8.07. The number of rotatable bonds is 11. The third-order valence-electron chi connectivity index (χ3n) is 5.59. The third kappa shape index (κ3) is 6.47. The van der Waals surface area contributed by atoms with Crippen molar-refractivity contribution in [2.45, 2.75) is 44.3 Å². The van der Waals surface area contributed by atoms with Crippen LogP contribution in [0, 0.1) is 0 Å². The summed E-state index contributed by atoms with van der Waals surface area (Å²) in [5.41, 5.74) is 4.29. The van der Waals surface area contributed by atoms with Crippen molar-refractivity contribution in [2.24, 2.45) is 0 Å². The highest BCUT2D eigenvalue weighted by atomic mass is 28.4. The summed E-state index contributed by atoms with van der Waals surface area (Å²) in [6.07, 6.45) is 3.37. The van der Waals surface area contributed by atoms with Gasteiger partial charge in [0.15, 0.2) is 8.32 Å². The first-order valence-corrected chi connectivity index (χ1v) is 13.1. The normalized spacial score (nSPS) is 11.5. The molecule has 2 heteroatoms. The van der Waals surface area contributed by atoms with Crippen molar-refractivity contribution < 1.29 is 4.43 Å². The molecule has 1 nitrogen and oxygen atoms in total. The Morgan fingerprint density at radius 1 is 0.536 bits per heavy atom. The first-order valence-electron chi connectivity index (χ1n) is 10.6. The van der Waals surface area contributed by atoms with Crippen molar-refractivity contribution in [3.8, 4) is 0 Å². The fourth-order valence-corrected chi connectivity index (χ4v) is 7.98. The molecule has 0 N–H and O–H groups in total. The predicted molar refractivity (Wildman–Crippen MR) is 122 cm³/mol. The van der Waals surface area contributed by atoms with Crippen LogP contribution in [0.5, 0.6) is 0 Å². The summed E-state index contributed by atoms with van der Waals surface area (Å²) in [6, 6.07) is 36.3. The van der Waals surface area contributed by atoms with Gasteiger partial charge in [-0.05, 0) is 61.0 Å². The van der Waals surface area contributed by atoms with Gasteiger partial charge in [-0.1, -0.05) is 91.0 Å². The summed E-state index contributed by atoms with van der Waals surface area (Å²) in [5, 5.41) is 0. The number of hydrogen-bond donors (Lipinski definition) is 0. The molecule has 0 heterocycles. The van der Waals surface area contributed by atoms with Gasteiger partial charge in [-0.15, -0.1) is 0 Å². The van der Waals surface area contributed by atoms with Crippen LogP contribution in [0.4, 0.5) is 0 Å². The maximum absolute atomic E-state index is 6.63. The van der Waals surface area contributed by atoms with E-state index < -0.39 is 8.32 Å². The Labute approximate surface area is 171 Å². The monoisotopic (exact) mass is 388 g/mol. The molecule has 0 fully saturated rings. The van der Waals surface area contributed by atoms with E-state index in [0.29, 0.717) is 0 Å². The minimum Gasteiger partial charge on any atom is -0.417 e. The van der Waals surface area contributed by atoms with Crippen LogP contribution in [-0.2, 0) is 23.7 Å². The minimum absolute atomic E-state index is 0.824. The number of aryl methyl sites for hydroxylation is 3. The zero-order valence-corrected chi connectivity index (χ0v) is 18.0. The maximum atomic E-state index is 6.63. The van der Waals surface area contributed by atoms with E-state index in [1.54, 1.807) is 0 Å². The highest BCUT2D eigenvalue weighted by Crippen LogP contribution is 2.29. The van der Waals surface area contributed by atoms with Crippen LogP contribution in [0.3, 0.4) is 0 Å². The van der Waals surface area contributed by atoms with Gasteiger partial charge < -0.3 is 4.43 Å². The average Bonchev–Trinajstić information content (AvgIpc) is 2.77. The summed E-state index contributed by atoms with van der Waals surface area (Å²) in [5.74, 6) is 0. The summed E-state index contributed by atoms with van der Waals surface area (Å²) >= 11 is 0. The molecule has 0 atom stereocenters. The van der Waals surface area contributed by atoms with E-state index in [9.17, 15) is 0 Å². The molecule has 28 heavy (non-hydrogen) atoms. The Morgan fingerprint density at radius 2 is 0.857 bits per heavy atom. The molecular formula is C26H32OSi. The van der Waals surface area contributed by atoms with E-state index in [4.69, 9.17) is 4.43 Å². The second-order valence-corrected chi connectivity index (χ2v) is 11.7. The van der Waals surface area contributed by atoms with Gasteiger partial charge in [0.25, 0.3) is 0 Å². The molecule has 0 spiro atoms. The van der Waals surface area contributed by atoms with Crippen LogP contribution in [0.1, 0.15) is 23.6 Å². The molecule has 3 rings (SSSR count). The second kappa shape index (κ2) is 11.0. The molecule has 0 unspecified atom stereocenters. The van der Waals surface area contributed by atoms with E-state index in [1.165, 1.54) is 34.8 Å². The molecule has 3 aromatic carbocycles. The maximum Gasteiger partial charge on any atom is 0.193 e. The Hall–Kier alpha value is -2.16. The van der Waals surface area contributed by atoms with E-state index in [-0.39, 0.29) is 0 Å². The molecule has 0 saturated heterocycles. The van der Waals surface area contributed by atoms with Crippen LogP contribution in [0.2, 0.25) is 18.1 Å². The highest BCUT2D eigenvalue weighted by molar-refractivity contribution is 6.73. The Bertz CT molecular complexity index is 680. The van der Waals surface area contributed by atoms with Crippen LogP contribution in [0.15, 0.2) is 91.0 Å². The molecule has 0 amide bonds. The van der Waals surface area contributed by atoms with Gasteiger partial charge in [-0.2, -0.15) is 0 Å². The summed E-state index contributed by atoms with van der Waals surface area (Å²) in [4.78, 5) is 0. The van der Waals surface area contributed by atoms with Crippen molar-refractivity contribution in [2.75, 3.05) is 6.61 Å². The van der Waals surface area contributed by atoms with Crippen molar-refractivity contribution in [1.82, 2.24) is 0 Å². The number of benzene rings is 3. The zero-order chi connectivity index (χ0) is 19.5. The summed E-state index contributed by atoms with van der Waals surface area (Å²) in [7, 11) is -1.84. The highest BCUT2D eigenvalue weighted by Gasteiger charge is 2.33. The van der Waals surface area contributed by atoms with Crippen LogP contribution in [0.25, 0.3) is 0 Å². The Morgan fingerprint density at radius 3 is 1.14 bits per heavy atom. The van der Waals surface area contributed by atoms with Gasteiger partial charge in [0, 0.05) is 6.61 Å².